The van der Waals surface area contributed by atoms with Gasteiger partial charge >= 0.3 is 5.97 Å². The minimum Gasteiger partial charge on any atom is -0.480 e. The third-order valence-electron chi connectivity index (χ3n) is 2.69. The summed E-state index contributed by atoms with van der Waals surface area (Å²) in [7, 11) is 0. The van der Waals surface area contributed by atoms with E-state index in [1.165, 1.54) is 24.3 Å². The summed E-state index contributed by atoms with van der Waals surface area (Å²) >= 11 is 0. The van der Waals surface area contributed by atoms with Crippen LogP contribution in [-0.4, -0.2) is 34.3 Å². The van der Waals surface area contributed by atoms with E-state index in [2.05, 4.69) is 0 Å². The van der Waals surface area contributed by atoms with E-state index in [1.807, 2.05) is 0 Å². The average Bonchev–Trinajstić information content (AvgIpc) is 2.60. The van der Waals surface area contributed by atoms with Gasteiger partial charge in [-0.15, -0.1) is 0 Å². The second-order valence-electron chi connectivity index (χ2n) is 4.05. The summed E-state index contributed by atoms with van der Waals surface area (Å²) in [5.41, 5.74) is 0.284. The van der Waals surface area contributed by atoms with Crippen molar-refractivity contribution in [3.05, 3.63) is 41.2 Å². The first-order valence-electron chi connectivity index (χ1n) is 5.50. The van der Waals surface area contributed by atoms with Gasteiger partial charge in [0.2, 0.25) is 5.91 Å². The molecule has 0 atom stereocenters. The Bertz CT molecular complexity index is 594. The van der Waals surface area contributed by atoms with Crippen molar-refractivity contribution in [3.8, 4) is 0 Å². The number of amides is 2. The maximum absolute atomic E-state index is 13.4. The number of benzene rings is 1. The zero-order valence-corrected chi connectivity index (χ0v) is 9.80. The monoisotopic (exact) mass is 263 g/mol. The second-order valence-corrected chi connectivity index (χ2v) is 4.05. The molecule has 6 heteroatoms. The zero-order valence-electron chi connectivity index (χ0n) is 9.80. The van der Waals surface area contributed by atoms with Crippen LogP contribution in [0.5, 0.6) is 0 Å². The molecule has 0 radical (unpaired) electrons. The molecule has 2 amide bonds. The number of carboxylic acid groups (broad SMARTS) is 1. The van der Waals surface area contributed by atoms with Crippen LogP contribution in [0, 0.1) is 5.82 Å². The minimum absolute atomic E-state index is 0.0938. The van der Waals surface area contributed by atoms with Crippen LogP contribution in [0.25, 0.3) is 6.08 Å². The number of carbonyl (C=O) groups excluding carboxylic acids is 2. The topological polar surface area (TPSA) is 74.7 Å². The highest BCUT2D eigenvalue weighted by molar-refractivity contribution is 6.16. The summed E-state index contributed by atoms with van der Waals surface area (Å²) in [6.45, 7) is -0.674. The third-order valence-corrected chi connectivity index (χ3v) is 2.69. The van der Waals surface area contributed by atoms with Crippen molar-refractivity contribution in [2.45, 2.75) is 6.42 Å². The lowest BCUT2D eigenvalue weighted by molar-refractivity contribution is -0.148. The van der Waals surface area contributed by atoms with Crippen molar-refractivity contribution < 1.29 is 23.9 Å². The Balaban J connectivity index is 2.28. The van der Waals surface area contributed by atoms with Crippen molar-refractivity contribution in [3.63, 3.8) is 0 Å². The van der Waals surface area contributed by atoms with Crippen molar-refractivity contribution in [1.29, 1.82) is 0 Å². The van der Waals surface area contributed by atoms with Crippen LogP contribution in [0.4, 0.5) is 4.39 Å². The second kappa shape index (κ2) is 5.01. The Morgan fingerprint density at radius 1 is 1.37 bits per heavy atom. The van der Waals surface area contributed by atoms with E-state index in [9.17, 15) is 18.8 Å². The highest BCUT2D eigenvalue weighted by atomic mass is 19.1. The van der Waals surface area contributed by atoms with Gasteiger partial charge in [-0.05, 0) is 12.1 Å². The fourth-order valence-electron chi connectivity index (χ4n) is 1.81. The molecule has 1 aliphatic rings. The van der Waals surface area contributed by atoms with Gasteiger partial charge in [-0.1, -0.05) is 18.2 Å². The van der Waals surface area contributed by atoms with Crippen LogP contribution in [0.1, 0.15) is 12.0 Å². The molecule has 1 saturated heterocycles. The molecule has 2 rings (SSSR count). The Morgan fingerprint density at radius 3 is 2.68 bits per heavy atom. The van der Waals surface area contributed by atoms with Crippen molar-refractivity contribution in [2.75, 3.05) is 6.54 Å². The van der Waals surface area contributed by atoms with E-state index < -0.39 is 30.1 Å². The highest BCUT2D eigenvalue weighted by Gasteiger charge is 2.34. The van der Waals surface area contributed by atoms with Crippen LogP contribution in [-0.2, 0) is 14.4 Å². The number of imide groups is 1. The predicted octanol–water partition coefficient (Wildman–Crippen LogP) is 1.05. The zero-order chi connectivity index (χ0) is 14.0. The van der Waals surface area contributed by atoms with E-state index in [4.69, 9.17) is 5.11 Å². The molecule has 0 spiro atoms. The highest BCUT2D eigenvalue weighted by Crippen LogP contribution is 2.22. The lowest BCUT2D eigenvalue weighted by Crippen LogP contribution is -2.34. The van der Waals surface area contributed by atoms with Crippen LogP contribution in [0.3, 0.4) is 0 Å². The number of carboxylic acids is 1. The quantitative estimate of drug-likeness (QED) is 0.653. The summed E-state index contributed by atoms with van der Waals surface area (Å²) in [6, 6.07) is 5.82. The molecule has 0 aliphatic carbocycles. The molecular weight excluding hydrogens is 253 g/mol. The molecule has 1 fully saturated rings. The van der Waals surface area contributed by atoms with Gasteiger partial charge in [-0.3, -0.25) is 19.3 Å². The smallest absolute Gasteiger partial charge is 0.323 e. The molecule has 5 nitrogen and oxygen atoms in total. The first-order valence-corrected chi connectivity index (χ1v) is 5.50. The van der Waals surface area contributed by atoms with E-state index in [-0.39, 0.29) is 17.6 Å². The third kappa shape index (κ3) is 2.67. The fourth-order valence-corrected chi connectivity index (χ4v) is 1.81. The number of rotatable bonds is 3. The first kappa shape index (κ1) is 12.9. The molecule has 0 saturated carbocycles. The Morgan fingerprint density at radius 2 is 2.05 bits per heavy atom. The van der Waals surface area contributed by atoms with Crippen LogP contribution in [0.2, 0.25) is 0 Å². The summed E-state index contributed by atoms with van der Waals surface area (Å²) in [5, 5.41) is 8.60. The molecule has 0 unspecified atom stereocenters. The molecule has 0 bridgehead atoms. The maximum Gasteiger partial charge on any atom is 0.323 e. The van der Waals surface area contributed by atoms with Gasteiger partial charge in [0.15, 0.2) is 0 Å². The van der Waals surface area contributed by atoms with Gasteiger partial charge in [0.25, 0.3) is 5.91 Å². The Hall–Kier alpha value is -2.50. The average molecular weight is 263 g/mol. The van der Waals surface area contributed by atoms with E-state index >= 15 is 0 Å². The van der Waals surface area contributed by atoms with Crippen LogP contribution >= 0.6 is 0 Å². The van der Waals surface area contributed by atoms with Crippen LogP contribution < -0.4 is 0 Å². The van der Waals surface area contributed by atoms with E-state index in [0.29, 0.717) is 4.90 Å². The Labute approximate surface area is 107 Å². The van der Waals surface area contributed by atoms with Gasteiger partial charge in [0.05, 0.1) is 6.42 Å². The lowest BCUT2D eigenvalue weighted by Gasteiger charge is -2.09. The van der Waals surface area contributed by atoms with Crippen molar-refractivity contribution >= 4 is 23.9 Å². The summed E-state index contributed by atoms with van der Waals surface area (Å²) in [5.74, 6) is -3.05. The number of carbonyl (C=O) groups is 3. The molecule has 1 heterocycles. The molecule has 0 aromatic heterocycles. The lowest BCUT2D eigenvalue weighted by atomic mass is 10.1. The molecule has 98 valence electrons. The van der Waals surface area contributed by atoms with Crippen LogP contribution in [0.15, 0.2) is 29.8 Å². The number of hydrogen-bond donors (Lipinski definition) is 1. The summed E-state index contributed by atoms with van der Waals surface area (Å²) < 4.78 is 13.4. The molecule has 1 aromatic carbocycles. The molecule has 1 aromatic rings. The SMILES string of the molecule is O=C(O)CN1C(=O)C/C(=C\c2ccccc2F)C1=O. The molecule has 19 heavy (non-hydrogen) atoms. The molecule has 1 aliphatic heterocycles. The summed E-state index contributed by atoms with van der Waals surface area (Å²) in [4.78, 5) is 34.5. The largest absolute Gasteiger partial charge is 0.480 e. The van der Waals surface area contributed by atoms with Gasteiger partial charge in [-0.25, -0.2) is 4.39 Å². The van der Waals surface area contributed by atoms with Gasteiger partial charge in [0.1, 0.15) is 12.4 Å². The fraction of sp³-hybridized carbons (Fsp3) is 0.154. The van der Waals surface area contributed by atoms with E-state index in [0.717, 1.165) is 0 Å². The van der Waals surface area contributed by atoms with Gasteiger partial charge in [0, 0.05) is 11.1 Å². The maximum atomic E-state index is 13.4. The number of hydrogen-bond acceptors (Lipinski definition) is 3. The normalized spacial score (nSPS) is 17.3. The number of aliphatic carboxylic acids is 1. The summed E-state index contributed by atoms with van der Waals surface area (Å²) in [6.07, 6.45) is 1.07. The predicted molar refractivity (Wildman–Crippen MR) is 63.3 cm³/mol. The molecular formula is C13H10FNO4. The van der Waals surface area contributed by atoms with Crippen molar-refractivity contribution in [2.24, 2.45) is 0 Å². The Kier molecular flexibility index (Phi) is 3.41. The number of nitrogens with zero attached hydrogens (tertiary/aromatic N) is 1. The van der Waals surface area contributed by atoms with E-state index in [1.54, 1.807) is 6.07 Å². The number of halogens is 1. The number of likely N-dealkylation sites (tertiary alicyclic amines) is 1. The van der Waals surface area contributed by atoms with Gasteiger partial charge in [-0.2, -0.15) is 0 Å². The minimum atomic E-state index is -1.27. The van der Waals surface area contributed by atoms with Crippen molar-refractivity contribution in [1.82, 2.24) is 4.90 Å². The first-order chi connectivity index (χ1) is 8.99. The molecule has 1 N–H and O–H groups in total. The standard InChI is InChI=1S/C13H10FNO4/c14-10-4-2-1-3-8(10)5-9-6-11(16)15(13(9)19)7-12(17)18/h1-5H,6-7H2,(H,17,18)/b9-5+. The van der Waals surface area contributed by atoms with Gasteiger partial charge < -0.3 is 5.11 Å².